The van der Waals surface area contributed by atoms with Crippen LogP contribution in [-0.2, 0) is 4.79 Å². The maximum Gasteiger partial charge on any atom is 0.573 e. The summed E-state index contributed by atoms with van der Waals surface area (Å²) in [4.78, 5) is 43.2. The molecule has 15 nitrogen and oxygen atoms in total. The van der Waals surface area contributed by atoms with Gasteiger partial charge in [-0.3, -0.25) is 14.6 Å². The number of nitrogens with zero attached hydrogens (tertiary/aromatic N) is 8. The van der Waals surface area contributed by atoms with Crippen LogP contribution in [0.2, 0.25) is 0 Å². The van der Waals surface area contributed by atoms with Gasteiger partial charge in [-0.15, -0.1) is 26.3 Å². The lowest BCUT2D eigenvalue weighted by atomic mass is 9.87. The molecule has 2 aliphatic rings. The molecule has 25 heteroatoms. The van der Waals surface area contributed by atoms with Crippen molar-refractivity contribution in [2.24, 2.45) is 11.5 Å². The average Bonchev–Trinajstić information content (AvgIpc) is 3.16. The SMILES string of the molecule is Cc1cnc(Nc2cc(OC(F)(F)F)ccn2)nc1[C@H](C(=O)[C@@H](c1nc(Nc2cc(OC(F)(F)F)ccn2)ncc1C)N1CC(F)(F)CCC1CN)N1CC(F)(F)CCC1CN. The molecule has 0 spiro atoms. The van der Waals surface area contributed by atoms with Crippen molar-refractivity contribution < 1.29 is 58.2 Å². The average molecular weight is 891 g/mol. The summed E-state index contributed by atoms with van der Waals surface area (Å²) < 4.78 is 148. The number of carbonyl (C=O) groups excluding carboxylic acids is 1. The van der Waals surface area contributed by atoms with Gasteiger partial charge in [0.1, 0.15) is 35.2 Å². The Hall–Kier alpha value is -5.53. The van der Waals surface area contributed by atoms with Crippen molar-refractivity contribution >= 4 is 29.3 Å². The molecule has 2 aliphatic heterocycles. The molecule has 4 aromatic heterocycles. The van der Waals surface area contributed by atoms with Crippen molar-refractivity contribution in [2.45, 2.75) is 88.3 Å². The van der Waals surface area contributed by atoms with Crippen LogP contribution >= 0.6 is 0 Å². The smallest absolute Gasteiger partial charge is 0.406 e. The molecule has 2 unspecified atom stereocenters. The van der Waals surface area contributed by atoms with Crippen LogP contribution < -0.4 is 31.6 Å². The van der Waals surface area contributed by atoms with E-state index in [2.05, 4.69) is 50.0 Å². The number of likely N-dealkylation sites (tertiary alicyclic amines) is 2. The fourth-order valence-corrected chi connectivity index (χ4v) is 7.38. The summed E-state index contributed by atoms with van der Waals surface area (Å²) in [5.74, 6) is -10.2. The normalized spacial score (nSPS) is 20.5. The van der Waals surface area contributed by atoms with Crippen LogP contribution in [0.5, 0.6) is 11.5 Å². The number of nitrogens with one attached hydrogen (secondary N) is 2. The molecule has 6 heterocycles. The number of Topliss-reactive ketones (excluding diaryl/α,β-unsaturated/α-hetero) is 1. The molecule has 336 valence electrons. The van der Waals surface area contributed by atoms with Crippen molar-refractivity contribution in [1.82, 2.24) is 39.7 Å². The van der Waals surface area contributed by atoms with E-state index in [1.807, 2.05) is 0 Å². The summed E-state index contributed by atoms with van der Waals surface area (Å²) in [7, 11) is 0. The van der Waals surface area contributed by atoms with Gasteiger partial charge in [-0.2, -0.15) is 0 Å². The maximum absolute atomic E-state index is 15.7. The summed E-state index contributed by atoms with van der Waals surface area (Å²) in [6.07, 6.45) is -7.23. The standard InChI is InChI=1S/C37H40F10N12O3/c1-19-15-52-32(54-25-11-23(5-9-50-25)61-36(42,43)44)56-27(19)29(58-17-34(38,39)7-3-21(58)13-48)31(60)30(59-18-35(40,41)8-4-22(59)14-49)28-20(2)16-53-33(57-28)55-26-12-24(6-10-51-26)62-37(45,46)47/h5-6,9-12,15-16,21-22,29-30H,3-4,7-8,13-14,17-18,48-49H2,1-2H3,(H,50,52,54,56)(H,51,53,55,57)/t21?,22?,29-,30-/m1/s1. The number of nitrogens with two attached hydrogens (primary N) is 2. The lowest BCUT2D eigenvalue weighted by Gasteiger charge is -2.47. The number of carbonyl (C=O) groups is 1. The Balaban J connectivity index is 1.50. The molecule has 0 bridgehead atoms. The quantitative estimate of drug-likeness (QED) is 0.101. The lowest BCUT2D eigenvalue weighted by molar-refractivity contribution is -0.275. The number of aromatic nitrogens is 6. The number of hydrogen-bond acceptors (Lipinski definition) is 15. The first-order valence-electron chi connectivity index (χ1n) is 18.9. The third kappa shape index (κ3) is 11.5. The molecule has 2 fully saturated rings. The van der Waals surface area contributed by atoms with Crippen LogP contribution in [0, 0.1) is 13.8 Å². The highest BCUT2D eigenvalue weighted by molar-refractivity contribution is 5.91. The zero-order chi connectivity index (χ0) is 45.2. The number of anilines is 4. The van der Waals surface area contributed by atoms with Gasteiger partial charge in [-0.25, -0.2) is 47.5 Å². The van der Waals surface area contributed by atoms with E-state index >= 15 is 22.4 Å². The summed E-state index contributed by atoms with van der Waals surface area (Å²) in [5, 5.41) is 5.26. The second kappa shape index (κ2) is 18.1. The molecule has 0 amide bonds. The van der Waals surface area contributed by atoms with Crippen molar-refractivity contribution in [3.8, 4) is 11.5 Å². The minimum atomic E-state index is -5.04. The van der Waals surface area contributed by atoms with E-state index in [9.17, 15) is 26.3 Å². The minimum Gasteiger partial charge on any atom is -0.406 e. The van der Waals surface area contributed by atoms with Crippen LogP contribution in [0.4, 0.5) is 67.4 Å². The number of hydrogen-bond donors (Lipinski definition) is 4. The van der Waals surface area contributed by atoms with Crippen molar-refractivity contribution in [1.29, 1.82) is 0 Å². The van der Waals surface area contributed by atoms with Crippen LogP contribution in [0.25, 0.3) is 0 Å². The van der Waals surface area contributed by atoms with Gasteiger partial charge in [-0.1, -0.05) is 0 Å². The molecule has 62 heavy (non-hydrogen) atoms. The Bertz CT molecular complexity index is 2070. The first-order chi connectivity index (χ1) is 29.0. The van der Waals surface area contributed by atoms with E-state index in [-0.39, 0.29) is 72.0 Å². The zero-order valence-corrected chi connectivity index (χ0v) is 32.8. The van der Waals surface area contributed by atoms with Crippen LogP contribution in [0.3, 0.4) is 0 Å². The van der Waals surface area contributed by atoms with E-state index in [0.29, 0.717) is 0 Å². The molecule has 0 aliphatic carbocycles. The van der Waals surface area contributed by atoms with E-state index in [0.717, 1.165) is 46.5 Å². The monoisotopic (exact) mass is 890 g/mol. The predicted octanol–water partition coefficient (Wildman–Crippen LogP) is 6.43. The molecule has 4 aromatic rings. The van der Waals surface area contributed by atoms with Gasteiger partial charge in [0.2, 0.25) is 11.9 Å². The van der Waals surface area contributed by atoms with E-state index in [1.54, 1.807) is 0 Å². The van der Waals surface area contributed by atoms with Crippen LogP contribution in [0.1, 0.15) is 60.3 Å². The topological polar surface area (TPSA) is 195 Å². The highest BCUT2D eigenvalue weighted by atomic mass is 19.4. The molecule has 6 rings (SSSR count). The summed E-state index contributed by atoms with van der Waals surface area (Å²) in [5.41, 5.74) is 12.2. The third-order valence-corrected chi connectivity index (χ3v) is 10.1. The summed E-state index contributed by atoms with van der Waals surface area (Å²) >= 11 is 0. The Labute approximate surface area is 346 Å². The van der Waals surface area contributed by atoms with Crippen LogP contribution in [0.15, 0.2) is 49.1 Å². The zero-order valence-electron chi connectivity index (χ0n) is 32.8. The van der Waals surface area contributed by atoms with Gasteiger partial charge in [0.05, 0.1) is 24.5 Å². The van der Waals surface area contributed by atoms with Gasteiger partial charge in [0.15, 0.2) is 5.78 Å². The molecule has 4 atom stereocenters. The number of rotatable bonds is 14. The van der Waals surface area contributed by atoms with Gasteiger partial charge in [-0.05, 0) is 49.9 Å². The van der Waals surface area contributed by atoms with Crippen molar-refractivity contribution in [2.75, 3.05) is 36.8 Å². The first-order valence-corrected chi connectivity index (χ1v) is 18.9. The molecule has 0 aromatic carbocycles. The Morgan fingerprint density at radius 2 is 1.11 bits per heavy atom. The largest absolute Gasteiger partial charge is 0.573 e. The van der Waals surface area contributed by atoms with Gasteiger partial charge in [0.25, 0.3) is 11.8 Å². The lowest BCUT2D eigenvalue weighted by Crippen LogP contribution is -2.58. The molecule has 6 N–H and O–H groups in total. The third-order valence-electron chi connectivity index (χ3n) is 10.1. The second-order valence-electron chi connectivity index (χ2n) is 14.7. The number of piperidine rings is 2. The number of ketones is 1. The van der Waals surface area contributed by atoms with Gasteiger partial charge >= 0.3 is 12.7 Å². The Morgan fingerprint density at radius 1 is 0.726 bits per heavy atom. The molecular weight excluding hydrogens is 850 g/mol. The predicted molar refractivity (Wildman–Crippen MR) is 200 cm³/mol. The van der Waals surface area contributed by atoms with E-state index < -0.39 is 92.0 Å². The highest BCUT2D eigenvalue weighted by Crippen LogP contribution is 2.43. The number of ether oxygens (including phenoxy) is 2. The molecule has 0 radical (unpaired) electrons. The van der Waals surface area contributed by atoms with Gasteiger partial charge < -0.3 is 31.6 Å². The first kappa shape index (κ1) is 46.0. The number of pyridine rings is 2. The maximum atomic E-state index is 15.7. The van der Waals surface area contributed by atoms with E-state index in [1.165, 1.54) is 26.2 Å². The molecular formula is C37H40F10N12O3. The van der Waals surface area contributed by atoms with E-state index in [4.69, 9.17) is 11.5 Å². The molecule has 0 saturated carbocycles. The summed E-state index contributed by atoms with van der Waals surface area (Å²) in [6, 6.07) is -1.74. The van der Waals surface area contributed by atoms with Gasteiger partial charge in [0, 0.05) is 74.9 Å². The van der Waals surface area contributed by atoms with Crippen LogP contribution in [-0.4, -0.2) is 108 Å². The number of alkyl halides is 10. The summed E-state index contributed by atoms with van der Waals surface area (Å²) in [6.45, 7) is 0.404. The Kier molecular flexibility index (Phi) is 13.4. The second-order valence-corrected chi connectivity index (χ2v) is 14.7. The van der Waals surface area contributed by atoms with Crippen molar-refractivity contribution in [3.05, 3.63) is 71.6 Å². The number of halogens is 10. The minimum absolute atomic E-state index is 0.160. The highest BCUT2D eigenvalue weighted by Gasteiger charge is 2.51. The molecule has 2 saturated heterocycles. The fourth-order valence-electron chi connectivity index (χ4n) is 7.38. The number of aryl methyl sites for hydroxylation is 2. The Morgan fingerprint density at radius 3 is 1.47 bits per heavy atom. The fraction of sp³-hybridized carbons (Fsp3) is 0.486. The van der Waals surface area contributed by atoms with Crippen molar-refractivity contribution in [3.63, 3.8) is 0 Å².